The summed E-state index contributed by atoms with van der Waals surface area (Å²) in [6.07, 6.45) is 3.05. The molecule has 17 heavy (non-hydrogen) atoms. The predicted molar refractivity (Wildman–Crippen MR) is 66.1 cm³/mol. The van der Waals surface area contributed by atoms with Crippen LogP contribution in [0, 0.1) is 0 Å². The topological polar surface area (TPSA) is 66.9 Å². The lowest BCUT2D eigenvalue weighted by Crippen LogP contribution is -2.20. The maximum atomic E-state index is 11.5. The molecular formula is C11H9ClN4O. The summed E-state index contributed by atoms with van der Waals surface area (Å²) in [5, 5.41) is 5.64. The zero-order chi connectivity index (χ0) is 12.1. The number of urea groups is 1. The van der Waals surface area contributed by atoms with Crippen LogP contribution >= 0.6 is 11.6 Å². The number of rotatable bonds is 2. The molecule has 2 aromatic heterocycles. The van der Waals surface area contributed by atoms with Gasteiger partial charge >= 0.3 is 6.03 Å². The van der Waals surface area contributed by atoms with E-state index in [0.29, 0.717) is 16.7 Å². The molecule has 2 aromatic rings. The van der Waals surface area contributed by atoms with E-state index in [1.165, 1.54) is 6.20 Å². The van der Waals surface area contributed by atoms with Crippen molar-refractivity contribution in [1.29, 1.82) is 0 Å². The highest BCUT2D eigenvalue weighted by atomic mass is 35.5. The summed E-state index contributed by atoms with van der Waals surface area (Å²) in [5.74, 6) is 0.891. The van der Waals surface area contributed by atoms with Crippen LogP contribution in [0.1, 0.15) is 0 Å². The van der Waals surface area contributed by atoms with Crippen LogP contribution in [0.15, 0.2) is 42.7 Å². The average Bonchev–Trinajstić information content (AvgIpc) is 2.33. The van der Waals surface area contributed by atoms with Gasteiger partial charge in [0.15, 0.2) is 0 Å². The molecule has 0 fully saturated rings. The second kappa shape index (κ2) is 5.27. The van der Waals surface area contributed by atoms with Crippen LogP contribution in [0.5, 0.6) is 0 Å². The Bertz CT molecular complexity index is 501. The minimum absolute atomic E-state index is 0.404. The Morgan fingerprint density at radius 2 is 1.82 bits per heavy atom. The molecule has 0 aliphatic carbocycles. The summed E-state index contributed by atoms with van der Waals surface area (Å²) in [6, 6.07) is 8.09. The summed E-state index contributed by atoms with van der Waals surface area (Å²) in [7, 11) is 0. The van der Waals surface area contributed by atoms with Gasteiger partial charge in [-0.3, -0.25) is 10.6 Å². The smallest absolute Gasteiger partial charge is 0.292 e. The summed E-state index contributed by atoms with van der Waals surface area (Å²) < 4.78 is 0. The fourth-order valence-corrected chi connectivity index (χ4v) is 1.26. The summed E-state index contributed by atoms with van der Waals surface area (Å²) in [5.41, 5.74) is 0. The van der Waals surface area contributed by atoms with Crippen LogP contribution in [0.25, 0.3) is 0 Å². The van der Waals surface area contributed by atoms with E-state index in [0.717, 1.165) is 0 Å². The third-order valence-electron chi connectivity index (χ3n) is 1.88. The minimum Gasteiger partial charge on any atom is -0.292 e. The molecule has 5 nitrogen and oxygen atoms in total. The predicted octanol–water partition coefficient (Wildman–Crippen LogP) is 2.77. The van der Waals surface area contributed by atoms with E-state index < -0.39 is 6.03 Å². The monoisotopic (exact) mass is 248 g/mol. The minimum atomic E-state index is -0.404. The molecule has 0 bridgehead atoms. The second-order valence-electron chi connectivity index (χ2n) is 3.16. The number of pyridine rings is 2. The molecule has 2 heterocycles. The highest BCUT2D eigenvalue weighted by molar-refractivity contribution is 6.30. The number of nitrogens with one attached hydrogen (secondary N) is 2. The Morgan fingerprint density at radius 3 is 2.41 bits per heavy atom. The lowest BCUT2D eigenvalue weighted by Gasteiger charge is -2.05. The molecule has 0 saturated carbocycles. The Balaban J connectivity index is 1.96. The number of hydrogen-bond donors (Lipinski definition) is 2. The number of carbonyl (C=O) groups is 1. The maximum absolute atomic E-state index is 11.5. The third-order valence-corrected chi connectivity index (χ3v) is 2.10. The van der Waals surface area contributed by atoms with Crippen molar-refractivity contribution in [3.05, 3.63) is 47.7 Å². The first-order valence-electron chi connectivity index (χ1n) is 4.84. The molecule has 0 unspecified atom stereocenters. The van der Waals surface area contributed by atoms with Crippen molar-refractivity contribution in [3.8, 4) is 0 Å². The summed E-state index contributed by atoms with van der Waals surface area (Å²) in [6.45, 7) is 0. The van der Waals surface area contributed by atoms with Crippen molar-refractivity contribution < 1.29 is 4.79 Å². The zero-order valence-electron chi connectivity index (χ0n) is 8.72. The van der Waals surface area contributed by atoms with Gasteiger partial charge in [-0.2, -0.15) is 0 Å². The molecule has 0 aliphatic heterocycles. The number of nitrogens with zero attached hydrogens (tertiary/aromatic N) is 2. The Labute approximate surface area is 103 Å². The Hall–Kier alpha value is -2.14. The van der Waals surface area contributed by atoms with Crippen molar-refractivity contribution >= 4 is 29.3 Å². The molecule has 2 N–H and O–H groups in total. The molecule has 0 saturated heterocycles. The summed E-state index contributed by atoms with van der Waals surface area (Å²) >= 11 is 5.68. The van der Waals surface area contributed by atoms with E-state index in [9.17, 15) is 4.79 Å². The number of amides is 2. The summed E-state index contributed by atoms with van der Waals surface area (Å²) in [4.78, 5) is 19.4. The van der Waals surface area contributed by atoms with Gasteiger partial charge in [0, 0.05) is 12.4 Å². The van der Waals surface area contributed by atoms with Gasteiger partial charge in [-0.1, -0.05) is 17.7 Å². The van der Waals surface area contributed by atoms with Gasteiger partial charge in [0.25, 0.3) is 0 Å². The molecule has 0 spiro atoms. The lowest BCUT2D eigenvalue weighted by molar-refractivity contribution is 0.262. The molecule has 0 aromatic carbocycles. The molecular weight excluding hydrogens is 240 g/mol. The van der Waals surface area contributed by atoms with E-state index in [-0.39, 0.29) is 0 Å². The van der Waals surface area contributed by atoms with E-state index in [4.69, 9.17) is 11.6 Å². The van der Waals surface area contributed by atoms with E-state index in [1.54, 1.807) is 36.5 Å². The second-order valence-corrected chi connectivity index (χ2v) is 3.59. The Kier molecular flexibility index (Phi) is 3.52. The lowest BCUT2D eigenvalue weighted by atomic mass is 10.4. The van der Waals surface area contributed by atoms with Gasteiger partial charge in [-0.15, -0.1) is 0 Å². The molecule has 2 amide bonds. The van der Waals surface area contributed by atoms with Crippen LogP contribution in [0.3, 0.4) is 0 Å². The highest BCUT2D eigenvalue weighted by Crippen LogP contribution is 2.09. The zero-order valence-corrected chi connectivity index (χ0v) is 9.48. The third kappa shape index (κ3) is 3.42. The van der Waals surface area contributed by atoms with Crippen molar-refractivity contribution in [2.24, 2.45) is 0 Å². The number of carbonyl (C=O) groups excluding carboxylic acids is 1. The maximum Gasteiger partial charge on any atom is 0.326 e. The van der Waals surface area contributed by atoms with Crippen LogP contribution in [-0.4, -0.2) is 16.0 Å². The fraction of sp³-hybridized carbons (Fsp3) is 0. The SMILES string of the molecule is O=C(Nc1ccccn1)Nc1ccc(Cl)cn1. The van der Waals surface area contributed by atoms with E-state index >= 15 is 0 Å². The number of hydrogen-bond acceptors (Lipinski definition) is 3. The largest absolute Gasteiger partial charge is 0.326 e. The standard InChI is InChI=1S/C11H9ClN4O/c12-8-4-5-10(14-7-8)16-11(17)15-9-3-1-2-6-13-9/h1-7H,(H2,13,14,15,16,17). The molecule has 2 rings (SSSR count). The van der Waals surface area contributed by atoms with E-state index in [1.807, 2.05) is 0 Å². The molecule has 0 atom stereocenters. The quantitative estimate of drug-likeness (QED) is 0.859. The van der Waals surface area contributed by atoms with Gasteiger partial charge in [0.05, 0.1) is 5.02 Å². The van der Waals surface area contributed by atoms with Crippen molar-refractivity contribution in [3.63, 3.8) is 0 Å². The first-order chi connectivity index (χ1) is 8.24. The first-order valence-corrected chi connectivity index (χ1v) is 5.22. The van der Waals surface area contributed by atoms with Gasteiger partial charge in [-0.05, 0) is 24.3 Å². The Morgan fingerprint density at radius 1 is 1.06 bits per heavy atom. The number of aromatic nitrogens is 2. The van der Waals surface area contributed by atoms with Gasteiger partial charge < -0.3 is 0 Å². The van der Waals surface area contributed by atoms with Gasteiger partial charge in [-0.25, -0.2) is 14.8 Å². The van der Waals surface area contributed by atoms with Crippen LogP contribution < -0.4 is 10.6 Å². The molecule has 0 aliphatic rings. The average molecular weight is 249 g/mol. The number of halogens is 1. The van der Waals surface area contributed by atoms with Gasteiger partial charge in [0.1, 0.15) is 11.6 Å². The normalized spacial score (nSPS) is 9.71. The molecule has 86 valence electrons. The molecule has 6 heteroatoms. The van der Waals surface area contributed by atoms with Crippen molar-refractivity contribution in [1.82, 2.24) is 9.97 Å². The first kappa shape index (κ1) is 11.3. The van der Waals surface area contributed by atoms with Crippen LogP contribution in [-0.2, 0) is 0 Å². The van der Waals surface area contributed by atoms with Crippen LogP contribution in [0.4, 0.5) is 16.4 Å². The van der Waals surface area contributed by atoms with Crippen molar-refractivity contribution in [2.45, 2.75) is 0 Å². The van der Waals surface area contributed by atoms with Crippen molar-refractivity contribution in [2.75, 3.05) is 10.6 Å². The number of anilines is 2. The fourth-order valence-electron chi connectivity index (χ4n) is 1.15. The molecule has 0 radical (unpaired) electrons. The highest BCUT2D eigenvalue weighted by Gasteiger charge is 2.03. The van der Waals surface area contributed by atoms with E-state index in [2.05, 4.69) is 20.6 Å². The van der Waals surface area contributed by atoms with Gasteiger partial charge in [0.2, 0.25) is 0 Å². The van der Waals surface area contributed by atoms with Crippen LogP contribution in [0.2, 0.25) is 5.02 Å².